The molecule has 3 amide bonds. The van der Waals surface area contributed by atoms with E-state index in [9.17, 15) is 9.59 Å². The van der Waals surface area contributed by atoms with Gasteiger partial charge in [-0.15, -0.1) is 0 Å². The number of ether oxygens (including phenoxy) is 1. The number of urea groups is 1. The zero-order chi connectivity index (χ0) is 26.5. The highest BCUT2D eigenvalue weighted by Gasteiger charge is 2.25. The summed E-state index contributed by atoms with van der Waals surface area (Å²) in [4.78, 5) is 27.5. The first-order valence-corrected chi connectivity index (χ1v) is 13.6. The van der Waals surface area contributed by atoms with Crippen molar-refractivity contribution in [3.63, 3.8) is 0 Å². The molecule has 0 heterocycles. The Hall–Kier alpha value is -2.03. The smallest absolute Gasteiger partial charge is 0.407 e. The van der Waals surface area contributed by atoms with Gasteiger partial charge in [0.1, 0.15) is 0 Å². The summed E-state index contributed by atoms with van der Waals surface area (Å²) >= 11 is 6.22. The van der Waals surface area contributed by atoms with E-state index in [1.54, 1.807) is 0 Å². The van der Waals surface area contributed by atoms with Gasteiger partial charge in [-0.1, -0.05) is 55.8 Å². The molecule has 1 aliphatic carbocycles. The molecule has 1 fully saturated rings. The summed E-state index contributed by atoms with van der Waals surface area (Å²) < 4.78 is 6.10. The first-order valence-electron chi connectivity index (χ1n) is 13.2. The molecule has 3 N–H and O–H groups in total. The first kappa shape index (κ1) is 30.2. The molecule has 9 heteroatoms. The Morgan fingerprint density at radius 3 is 2.53 bits per heavy atom. The molecule has 1 aliphatic rings. The Morgan fingerprint density at radius 1 is 1.19 bits per heavy atom. The van der Waals surface area contributed by atoms with Gasteiger partial charge in [0.15, 0.2) is 0 Å². The third-order valence-corrected chi connectivity index (χ3v) is 7.16. The molecule has 0 aromatic heterocycles. The minimum atomic E-state index is -0.995. The quantitative estimate of drug-likeness (QED) is 0.304. The number of rotatable bonds is 14. The van der Waals surface area contributed by atoms with Gasteiger partial charge in [0, 0.05) is 43.8 Å². The second kappa shape index (κ2) is 15.9. The standard InChI is InChI=1S/C27H45ClN4O4/c1-20(2)32(26(33)30-24(19-29-3)17-21-9-6-5-7-10-21)14-13-25(22-11-8-12-23(28)18-22)36-16-15-31(4)27(34)35/h8,11-12,18,20-21,24-25,29H,5-7,9-10,13-17,19H2,1-4H3,(H,30,33)(H,34,35)/t24-,25+/m0/s1. The first-order chi connectivity index (χ1) is 17.2. The fourth-order valence-corrected chi connectivity index (χ4v) is 5.05. The van der Waals surface area contributed by atoms with Crippen LogP contribution in [0, 0.1) is 5.92 Å². The summed E-state index contributed by atoms with van der Waals surface area (Å²) in [6.45, 7) is 5.80. The van der Waals surface area contributed by atoms with E-state index in [4.69, 9.17) is 21.4 Å². The maximum absolute atomic E-state index is 13.3. The molecule has 36 heavy (non-hydrogen) atoms. The summed E-state index contributed by atoms with van der Waals surface area (Å²) in [5.41, 5.74) is 0.912. The SMILES string of the molecule is CNC[C@H](CC1CCCCC1)NC(=O)N(CC[C@@H](OCCN(C)C(=O)O)c1cccc(Cl)c1)C(C)C. The lowest BCUT2D eigenvalue weighted by atomic mass is 9.85. The molecule has 1 saturated carbocycles. The van der Waals surface area contributed by atoms with Crippen molar-refractivity contribution in [2.75, 3.05) is 40.3 Å². The van der Waals surface area contributed by atoms with Gasteiger partial charge >= 0.3 is 12.1 Å². The lowest BCUT2D eigenvalue weighted by molar-refractivity contribution is 0.0294. The predicted octanol–water partition coefficient (Wildman–Crippen LogP) is 5.38. The molecule has 2 rings (SSSR count). The zero-order valence-electron chi connectivity index (χ0n) is 22.3. The van der Waals surface area contributed by atoms with Gasteiger partial charge < -0.3 is 30.3 Å². The van der Waals surface area contributed by atoms with Crippen LogP contribution in [0.1, 0.15) is 70.5 Å². The molecule has 0 spiro atoms. The van der Waals surface area contributed by atoms with Gasteiger partial charge in [-0.2, -0.15) is 0 Å². The number of amides is 3. The van der Waals surface area contributed by atoms with Crippen molar-refractivity contribution in [1.82, 2.24) is 20.4 Å². The van der Waals surface area contributed by atoms with Gasteiger partial charge in [0.2, 0.25) is 0 Å². The number of carboxylic acid groups (broad SMARTS) is 1. The summed E-state index contributed by atoms with van der Waals surface area (Å²) in [5.74, 6) is 0.675. The monoisotopic (exact) mass is 524 g/mol. The van der Waals surface area contributed by atoms with Crippen molar-refractivity contribution in [2.45, 2.75) is 77.0 Å². The van der Waals surface area contributed by atoms with Gasteiger partial charge in [0.25, 0.3) is 0 Å². The van der Waals surface area contributed by atoms with Crippen molar-refractivity contribution in [1.29, 1.82) is 0 Å². The number of nitrogens with zero attached hydrogens (tertiary/aromatic N) is 2. The zero-order valence-corrected chi connectivity index (χ0v) is 23.1. The van der Waals surface area contributed by atoms with E-state index in [1.807, 2.05) is 50.1 Å². The average Bonchev–Trinajstić information content (AvgIpc) is 2.83. The molecule has 0 unspecified atom stereocenters. The Labute approximate surface area is 221 Å². The van der Waals surface area contributed by atoms with Gasteiger partial charge in [0.05, 0.1) is 12.7 Å². The fourth-order valence-electron chi connectivity index (χ4n) is 4.85. The summed E-state index contributed by atoms with van der Waals surface area (Å²) in [6.07, 6.45) is 6.67. The van der Waals surface area contributed by atoms with Crippen molar-refractivity contribution in [2.24, 2.45) is 5.92 Å². The minimum Gasteiger partial charge on any atom is -0.465 e. The van der Waals surface area contributed by atoms with E-state index in [-0.39, 0.29) is 37.4 Å². The molecule has 0 saturated heterocycles. The second-order valence-corrected chi connectivity index (χ2v) is 10.6. The molecule has 0 bridgehead atoms. The maximum atomic E-state index is 13.3. The Bertz CT molecular complexity index is 804. The van der Waals surface area contributed by atoms with Crippen LogP contribution in [0.5, 0.6) is 0 Å². The van der Waals surface area contributed by atoms with Crippen LogP contribution in [0.15, 0.2) is 24.3 Å². The van der Waals surface area contributed by atoms with Crippen LogP contribution in [0.25, 0.3) is 0 Å². The van der Waals surface area contributed by atoms with Crippen LogP contribution in [0.4, 0.5) is 9.59 Å². The summed E-state index contributed by atoms with van der Waals surface area (Å²) in [5, 5.41) is 16.2. The van der Waals surface area contributed by atoms with Crippen LogP contribution in [0.3, 0.4) is 0 Å². The number of benzene rings is 1. The Kier molecular flexibility index (Phi) is 13.4. The molecule has 2 atom stereocenters. The van der Waals surface area contributed by atoms with Crippen LogP contribution in [-0.2, 0) is 4.74 Å². The number of hydrogen-bond donors (Lipinski definition) is 3. The van der Waals surface area contributed by atoms with Gasteiger partial charge in [-0.05, 0) is 57.4 Å². The van der Waals surface area contributed by atoms with Crippen LogP contribution in [0.2, 0.25) is 5.02 Å². The number of hydrogen-bond acceptors (Lipinski definition) is 4. The highest BCUT2D eigenvalue weighted by molar-refractivity contribution is 6.30. The van der Waals surface area contributed by atoms with E-state index in [1.165, 1.54) is 44.1 Å². The molecule has 1 aromatic carbocycles. The second-order valence-electron chi connectivity index (χ2n) is 10.1. The summed E-state index contributed by atoms with van der Waals surface area (Å²) in [6, 6.07) is 7.55. The van der Waals surface area contributed by atoms with E-state index in [2.05, 4.69) is 10.6 Å². The van der Waals surface area contributed by atoms with Crippen molar-refractivity contribution in [3.8, 4) is 0 Å². The number of likely N-dealkylation sites (N-methyl/N-ethyl adjacent to an activating group) is 2. The van der Waals surface area contributed by atoms with Crippen LogP contribution < -0.4 is 10.6 Å². The van der Waals surface area contributed by atoms with E-state index < -0.39 is 6.09 Å². The molecular formula is C27H45ClN4O4. The topological polar surface area (TPSA) is 94.1 Å². The molecule has 204 valence electrons. The average molecular weight is 525 g/mol. The van der Waals surface area contributed by atoms with Crippen LogP contribution in [-0.4, -0.2) is 79.5 Å². The lowest BCUT2D eigenvalue weighted by Crippen LogP contribution is -2.51. The molecule has 0 radical (unpaired) electrons. The predicted molar refractivity (Wildman–Crippen MR) is 145 cm³/mol. The lowest BCUT2D eigenvalue weighted by Gasteiger charge is -2.32. The number of carbonyl (C=O) groups is 2. The molecule has 0 aliphatic heterocycles. The van der Waals surface area contributed by atoms with Crippen LogP contribution >= 0.6 is 11.6 Å². The Morgan fingerprint density at radius 2 is 1.92 bits per heavy atom. The van der Waals surface area contributed by atoms with E-state index in [0.717, 1.165) is 18.5 Å². The normalized spacial score (nSPS) is 15.9. The van der Waals surface area contributed by atoms with Gasteiger partial charge in [-0.3, -0.25) is 0 Å². The highest BCUT2D eigenvalue weighted by Crippen LogP contribution is 2.28. The number of halogens is 1. The van der Waals surface area contributed by atoms with Crippen molar-refractivity contribution in [3.05, 3.63) is 34.9 Å². The number of nitrogens with one attached hydrogen (secondary N) is 2. The number of carbonyl (C=O) groups excluding carboxylic acids is 1. The molecule has 8 nitrogen and oxygen atoms in total. The van der Waals surface area contributed by atoms with Gasteiger partial charge in [-0.25, -0.2) is 9.59 Å². The Balaban J connectivity index is 2.03. The van der Waals surface area contributed by atoms with E-state index >= 15 is 0 Å². The maximum Gasteiger partial charge on any atom is 0.407 e. The molecular weight excluding hydrogens is 480 g/mol. The van der Waals surface area contributed by atoms with Crippen molar-refractivity contribution >= 4 is 23.7 Å². The van der Waals surface area contributed by atoms with E-state index in [0.29, 0.717) is 23.9 Å². The third kappa shape index (κ3) is 10.5. The fraction of sp³-hybridized carbons (Fsp3) is 0.704. The highest BCUT2D eigenvalue weighted by atomic mass is 35.5. The van der Waals surface area contributed by atoms with Crippen molar-refractivity contribution < 1.29 is 19.4 Å². The summed E-state index contributed by atoms with van der Waals surface area (Å²) in [7, 11) is 3.44. The third-order valence-electron chi connectivity index (χ3n) is 6.93. The minimum absolute atomic E-state index is 0.0214. The molecule has 1 aromatic rings. The largest absolute Gasteiger partial charge is 0.465 e.